The molecule has 172 valence electrons. The Morgan fingerprint density at radius 1 is 1.00 bits per heavy atom. The van der Waals surface area contributed by atoms with Gasteiger partial charge in [0.05, 0.1) is 17.9 Å². The second kappa shape index (κ2) is 10.4. The summed E-state index contributed by atoms with van der Waals surface area (Å²) in [6, 6.07) is 22.4. The number of nitrogens with one attached hydrogen (secondary N) is 1. The number of thioether (sulfide) groups is 1. The smallest absolute Gasteiger partial charge is 0.338 e. The van der Waals surface area contributed by atoms with Gasteiger partial charge in [-0.05, 0) is 48.7 Å². The van der Waals surface area contributed by atoms with Crippen LogP contribution in [0.25, 0.3) is 11.6 Å². The van der Waals surface area contributed by atoms with Crippen molar-refractivity contribution in [1.29, 1.82) is 0 Å². The molecule has 0 radical (unpaired) electrons. The zero-order valence-electron chi connectivity index (χ0n) is 18.7. The molecule has 0 spiro atoms. The van der Waals surface area contributed by atoms with Crippen LogP contribution < -0.4 is 10.1 Å². The number of rotatable bonds is 7. The van der Waals surface area contributed by atoms with Crippen molar-refractivity contribution in [2.24, 2.45) is 0 Å². The van der Waals surface area contributed by atoms with E-state index in [0.29, 0.717) is 29.1 Å². The predicted octanol–water partition coefficient (Wildman–Crippen LogP) is 5.40. The number of hydrogen-bond donors (Lipinski definition) is 1. The molecule has 1 unspecified atom stereocenters. The minimum Gasteiger partial charge on any atom is -0.465 e. The molecule has 1 aliphatic heterocycles. The summed E-state index contributed by atoms with van der Waals surface area (Å²) in [5.41, 5.74) is 3.90. The highest BCUT2D eigenvalue weighted by Crippen LogP contribution is 2.33. The van der Waals surface area contributed by atoms with E-state index in [4.69, 9.17) is 9.47 Å². The van der Waals surface area contributed by atoms with Crippen molar-refractivity contribution < 1.29 is 23.9 Å². The van der Waals surface area contributed by atoms with Crippen LogP contribution in [-0.2, 0) is 20.7 Å². The van der Waals surface area contributed by atoms with Crippen LogP contribution in [0, 0.1) is 6.92 Å². The number of amides is 2. The van der Waals surface area contributed by atoms with Crippen LogP contribution >= 0.6 is 11.8 Å². The third kappa shape index (κ3) is 5.55. The van der Waals surface area contributed by atoms with Gasteiger partial charge in [0.15, 0.2) is 0 Å². The molecular formula is C27H23NO5S. The van der Waals surface area contributed by atoms with Crippen molar-refractivity contribution in [3.63, 3.8) is 0 Å². The summed E-state index contributed by atoms with van der Waals surface area (Å²) >= 11 is 1.01. The monoisotopic (exact) mass is 473 g/mol. The Kier molecular flexibility index (Phi) is 7.13. The van der Waals surface area contributed by atoms with Gasteiger partial charge in [0.1, 0.15) is 11.5 Å². The highest BCUT2D eigenvalue weighted by molar-refractivity contribution is 8.15. The molecule has 1 fully saturated rings. The van der Waals surface area contributed by atoms with Crippen LogP contribution in [0.5, 0.6) is 11.5 Å². The number of methoxy groups -OCH3 is 1. The van der Waals surface area contributed by atoms with Crippen LogP contribution in [0.3, 0.4) is 0 Å². The highest BCUT2D eigenvalue weighted by atomic mass is 32.2. The largest absolute Gasteiger partial charge is 0.465 e. The second-order valence-electron chi connectivity index (χ2n) is 7.79. The summed E-state index contributed by atoms with van der Waals surface area (Å²) in [6.07, 6.45) is 2.23. The van der Waals surface area contributed by atoms with Gasteiger partial charge in [-0.15, -0.1) is 0 Å². The molecule has 1 heterocycles. The van der Waals surface area contributed by atoms with Crippen molar-refractivity contribution in [1.82, 2.24) is 5.32 Å². The molecular weight excluding hydrogens is 450 g/mol. The Hall–Kier alpha value is -3.84. The van der Waals surface area contributed by atoms with Gasteiger partial charge in [-0.25, -0.2) is 4.79 Å². The van der Waals surface area contributed by atoms with Crippen LogP contribution in [0.4, 0.5) is 4.79 Å². The van der Waals surface area contributed by atoms with E-state index < -0.39 is 11.2 Å². The maximum atomic E-state index is 12.6. The minimum atomic E-state index is -0.464. The van der Waals surface area contributed by atoms with Crippen molar-refractivity contribution >= 4 is 40.5 Å². The average molecular weight is 474 g/mol. The molecule has 0 saturated carbocycles. The number of carbonyl (C=O) groups excluding carboxylic acids is 3. The van der Waals surface area contributed by atoms with E-state index in [9.17, 15) is 14.4 Å². The molecule has 1 aliphatic rings. The molecule has 3 aromatic rings. The van der Waals surface area contributed by atoms with Gasteiger partial charge >= 0.3 is 5.97 Å². The normalized spacial score (nSPS) is 15.7. The van der Waals surface area contributed by atoms with E-state index in [1.807, 2.05) is 61.5 Å². The van der Waals surface area contributed by atoms with Crippen molar-refractivity contribution in [2.45, 2.75) is 18.6 Å². The summed E-state index contributed by atoms with van der Waals surface area (Å²) in [7, 11) is 1.35. The Morgan fingerprint density at radius 3 is 2.35 bits per heavy atom. The van der Waals surface area contributed by atoms with Gasteiger partial charge in [-0.1, -0.05) is 71.9 Å². The van der Waals surface area contributed by atoms with Gasteiger partial charge < -0.3 is 9.47 Å². The molecule has 0 aliphatic carbocycles. The van der Waals surface area contributed by atoms with E-state index >= 15 is 0 Å². The molecule has 7 heteroatoms. The standard InChI is InChI=1S/C27H23NO5S/c1-17-7-9-18(10-8-17)15-22(26(30)32-2)21-5-3-4-6-23(21)33-20-13-11-19(12-14-20)16-24-25(29)28-27(31)34-24/h3-15,24H,16H2,1-2H3,(H,28,29,31)/b22-15+. The van der Waals surface area contributed by atoms with E-state index in [1.54, 1.807) is 24.3 Å². The fourth-order valence-corrected chi connectivity index (χ4v) is 4.39. The molecule has 1 atom stereocenters. The molecule has 34 heavy (non-hydrogen) atoms. The fourth-order valence-electron chi connectivity index (χ4n) is 3.53. The van der Waals surface area contributed by atoms with E-state index in [2.05, 4.69) is 5.32 Å². The Morgan fingerprint density at radius 2 is 1.71 bits per heavy atom. The van der Waals surface area contributed by atoms with E-state index in [1.165, 1.54) is 7.11 Å². The van der Waals surface area contributed by atoms with E-state index in [-0.39, 0.29) is 11.1 Å². The van der Waals surface area contributed by atoms with Crippen LogP contribution in [0.2, 0.25) is 0 Å². The second-order valence-corrected chi connectivity index (χ2v) is 8.97. The summed E-state index contributed by atoms with van der Waals surface area (Å²) in [4.78, 5) is 35.8. The van der Waals surface area contributed by atoms with Crippen molar-refractivity contribution in [2.75, 3.05) is 7.11 Å². The topological polar surface area (TPSA) is 81.7 Å². The first-order chi connectivity index (χ1) is 16.4. The number of para-hydroxylation sites is 1. The minimum absolute atomic E-state index is 0.264. The summed E-state index contributed by atoms with van der Waals surface area (Å²) in [6.45, 7) is 2.00. The fraction of sp³-hybridized carbons (Fsp3) is 0.148. The molecule has 6 nitrogen and oxygen atoms in total. The third-order valence-corrected chi connectivity index (χ3v) is 6.29. The van der Waals surface area contributed by atoms with Gasteiger partial charge in [0.25, 0.3) is 5.24 Å². The SMILES string of the molecule is COC(=O)/C(=C/c1ccc(C)cc1)c1ccccc1Oc1ccc(CC2SC(=O)NC2=O)cc1. The number of ether oxygens (including phenoxy) is 2. The van der Waals surface area contributed by atoms with Gasteiger partial charge in [-0.2, -0.15) is 0 Å². The van der Waals surface area contributed by atoms with Crippen LogP contribution in [0.1, 0.15) is 22.3 Å². The number of hydrogen-bond acceptors (Lipinski definition) is 6. The van der Waals surface area contributed by atoms with Gasteiger partial charge in [-0.3, -0.25) is 14.9 Å². The molecule has 0 aromatic heterocycles. The lowest BCUT2D eigenvalue weighted by Crippen LogP contribution is -2.25. The Balaban J connectivity index is 1.57. The molecule has 2 amide bonds. The number of carbonyl (C=O) groups is 3. The lowest BCUT2D eigenvalue weighted by atomic mass is 10.0. The first kappa shape index (κ1) is 23.3. The Bertz CT molecular complexity index is 1250. The zero-order valence-corrected chi connectivity index (χ0v) is 19.6. The summed E-state index contributed by atoms with van der Waals surface area (Å²) < 4.78 is 11.2. The lowest BCUT2D eigenvalue weighted by Gasteiger charge is -2.14. The predicted molar refractivity (Wildman–Crippen MR) is 133 cm³/mol. The van der Waals surface area contributed by atoms with Gasteiger partial charge in [0, 0.05) is 5.56 Å². The molecule has 4 rings (SSSR count). The van der Waals surface area contributed by atoms with E-state index in [0.717, 1.165) is 28.5 Å². The molecule has 0 bridgehead atoms. The maximum Gasteiger partial charge on any atom is 0.338 e. The summed E-state index contributed by atoms with van der Waals surface area (Å²) in [5.74, 6) is 0.361. The number of benzene rings is 3. The summed E-state index contributed by atoms with van der Waals surface area (Å²) in [5, 5.41) is 1.56. The average Bonchev–Trinajstić information content (AvgIpc) is 3.16. The number of esters is 1. The zero-order chi connectivity index (χ0) is 24.1. The van der Waals surface area contributed by atoms with Crippen molar-refractivity contribution in [3.8, 4) is 11.5 Å². The molecule has 1 N–H and O–H groups in total. The Labute approximate surface area is 202 Å². The molecule has 3 aromatic carbocycles. The lowest BCUT2D eigenvalue weighted by molar-refractivity contribution is -0.133. The van der Waals surface area contributed by atoms with Gasteiger partial charge in [0.2, 0.25) is 5.91 Å². The number of imide groups is 1. The number of aryl methyl sites for hydroxylation is 1. The van der Waals surface area contributed by atoms with Crippen LogP contribution in [-0.4, -0.2) is 29.5 Å². The van der Waals surface area contributed by atoms with Crippen molar-refractivity contribution in [3.05, 3.63) is 95.1 Å². The molecule has 1 saturated heterocycles. The maximum absolute atomic E-state index is 12.6. The first-order valence-corrected chi connectivity index (χ1v) is 11.6. The first-order valence-electron chi connectivity index (χ1n) is 10.7. The highest BCUT2D eigenvalue weighted by Gasteiger charge is 2.31. The third-order valence-electron chi connectivity index (χ3n) is 5.31. The van der Waals surface area contributed by atoms with Crippen LogP contribution in [0.15, 0.2) is 72.8 Å². The quantitative estimate of drug-likeness (QED) is 0.281.